The number of benzene rings is 1. The number of hydrogen-bond acceptors (Lipinski definition) is 6. The van der Waals surface area contributed by atoms with Crippen molar-refractivity contribution in [3.63, 3.8) is 0 Å². The third-order valence-electron chi connectivity index (χ3n) is 4.88. The van der Waals surface area contributed by atoms with Crippen molar-refractivity contribution in [1.82, 2.24) is 14.5 Å². The van der Waals surface area contributed by atoms with E-state index in [1.54, 1.807) is 32.9 Å². The van der Waals surface area contributed by atoms with E-state index in [0.29, 0.717) is 5.56 Å². The first kappa shape index (κ1) is 22.4. The molecule has 10 heteroatoms. The number of carbonyl (C=O) groups is 1. The second kappa shape index (κ2) is 8.47. The molecule has 0 unspecified atom stereocenters. The van der Waals surface area contributed by atoms with Crippen LogP contribution in [0.3, 0.4) is 0 Å². The molecule has 3 aromatic rings. The van der Waals surface area contributed by atoms with E-state index < -0.39 is 47.0 Å². The maximum Gasteiger partial charge on any atom is 0.329 e. The maximum absolute atomic E-state index is 13.8. The van der Waals surface area contributed by atoms with Gasteiger partial charge in [0, 0.05) is 22.8 Å². The van der Waals surface area contributed by atoms with Crippen LogP contribution in [0.5, 0.6) is 5.75 Å². The summed E-state index contributed by atoms with van der Waals surface area (Å²) in [5.41, 5.74) is 4.57. The smallest absolute Gasteiger partial charge is 0.329 e. The molecule has 0 bridgehead atoms. The van der Waals surface area contributed by atoms with Crippen molar-refractivity contribution in [2.24, 2.45) is 0 Å². The molecule has 0 saturated heterocycles. The molecule has 3 rings (SSSR count). The van der Waals surface area contributed by atoms with Crippen molar-refractivity contribution in [3.8, 4) is 5.75 Å². The number of nitrogens with zero attached hydrogens (tertiary/aromatic N) is 3. The Kier molecular flexibility index (Phi) is 5.93. The van der Waals surface area contributed by atoms with E-state index in [1.807, 2.05) is 0 Å². The summed E-state index contributed by atoms with van der Waals surface area (Å²) in [6.45, 7) is 11.9. The van der Waals surface area contributed by atoms with E-state index in [0.717, 1.165) is 10.6 Å². The molecule has 0 fully saturated rings. The Hall–Kier alpha value is -4.26. The number of nitrogens with one attached hydrogen (secondary N) is 1. The lowest BCUT2D eigenvalue weighted by molar-refractivity contribution is 0.102. The Morgan fingerprint density at radius 2 is 2.00 bits per heavy atom. The fraction of sp³-hybridized carbons (Fsp3) is 0.227. The molecule has 2 heterocycles. The van der Waals surface area contributed by atoms with E-state index in [1.165, 1.54) is 6.07 Å². The number of aromatic nitrogens is 3. The van der Waals surface area contributed by atoms with Gasteiger partial charge in [0.2, 0.25) is 11.7 Å². The van der Waals surface area contributed by atoms with Crippen molar-refractivity contribution in [1.29, 1.82) is 0 Å². The molecule has 0 aliphatic rings. The van der Waals surface area contributed by atoms with Gasteiger partial charge in [0.05, 0.1) is 13.1 Å². The van der Waals surface area contributed by atoms with Gasteiger partial charge < -0.3 is 10.8 Å². The van der Waals surface area contributed by atoms with Crippen LogP contribution in [0, 0.1) is 19.4 Å². The van der Waals surface area contributed by atoms with E-state index in [9.17, 15) is 23.9 Å². The highest BCUT2D eigenvalue weighted by atomic mass is 19.1. The van der Waals surface area contributed by atoms with Gasteiger partial charge in [0.25, 0.3) is 5.56 Å². The molecular weight excluding hydrogens is 417 g/mol. The van der Waals surface area contributed by atoms with Crippen LogP contribution in [-0.2, 0) is 6.54 Å². The summed E-state index contributed by atoms with van der Waals surface area (Å²) < 4.78 is 14.7. The summed E-state index contributed by atoms with van der Waals surface area (Å²) >= 11 is 0. The normalized spacial score (nSPS) is 10.9. The maximum atomic E-state index is 13.8. The van der Waals surface area contributed by atoms with Crippen LogP contribution < -0.4 is 17.0 Å². The first-order valence-corrected chi connectivity index (χ1v) is 9.58. The summed E-state index contributed by atoms with van der Waals surface area (Å²) in [5, 5.41) is 10.2. The first-order chi connectivity index (χ1) is 15.0. The molecule has 0 aliphatic heterocycles. The standard InChI is InChI=1S/C22H20FN5O4/c1-10(2)16-17(18(29)12-5-11(3)6-14(7-12)25-4)28(22(32)27-21(16)31)9-13-8-15(23)26-20(24)19(13)30/h5-8,10,30H,9H2,1-3H3,(H2,24,26)(H,27,31,32). The van der Waals surface area contributed by atoms with Crippen LogP contribution in [0.25, 0.3) is 4.85 Å². The third kappa shape index (κ3) is 4.13. The van der Waals surface area contributed by atoms with Gasteiger partial charge in [-0.3, -0.25) is 19.1 Å². The highest BCUT2D eigenvalue weighted by molar-refractivity contribution is 6.09. The Morgan fingerprint density at radius 3 is 2.62 bits per heavy atom. The molecule has 2 aromatic heterocycles. The molecule has 9 nitrogen and oxygen atoms in total. The van der Waals surface area contributed by atoms with E-state index in [4.69, 9.17) is 12.3 Å². The average molecular weight is 437 g/mol. The summed E-state index contributed by atoms with van der Waals surface area (Å²) in [7, 11) is 0. The number of pyridine rings is 1. The predicted octanol–water partition coefficient (Wildman–Crippen LogP) is 2.62. The highest BCUT2D eigenvalue weighted by Gasteiger charge is 2.26. The zero-order valence-corrected chi connectivity index (χ0v) is 17.6. The number of nitrogen functional groups attached to an aromatic ring is 1. The average Bonchev–Trinajstić information content (AvgIpc) is 2.71. The summed E-state index contributed by atoms with van der Waals surface area (Å²) in [5.74, 6) is -3.12. The van der Waals surface area contributed by atoms with Crippen LogP contribution in [-0.4, -0.2) is 25.4 Å². The Labute approximate surface area is 181 Å². The van der Waals surface area contributed by atoms with Gasteiger partial charge in [-0.2, -0.15) is 9.37 Å². The van der Waals surface area contributed by atoms with Crippen molar-refractivity contribution in [3.05, 3.63) is 90.4 Å². The minimum absolute atomic E-state index is 0.0439. The molecule has 0 radical (unpaired) electrons. The summed E-state index contributed by atoms with van der Waals surface area (Å²) in [4.78, 5) is 47.7. The molecule has 0 atom stereocenters. The van der Waals surface area contributed by atoms with Crippen LogP contribution in [0.4, 0.5) is 15.9 Å². The van der Waals surface area contributed by atoms with Crippen molar-refractivity contribution < 1.29 is 14.3 Å². The number of aryl methyl sites for hydroxylation is 1. The van der Waals surface area contributed by atoms with Gasteiger partial charge in [-0.1, -0.05) is 31.5 Å². The molecule has 1 aromatic carbocycles. The number of anilines is 1. The van der Waals surface area contributed by atoms with E-state index in [2.05, 4.69) is 14.8 Å². The van der Waals surface area contributed by atoms with Crippen molar-refractivity contribution in [2.45, 2.75) is 33.2 Å². The van der Waals surface area contributed by atoms with Gasteiger partial charge in [0.15, 0.2) is 17.3 Å². The minimum Gasteiger partial charge on any atom is -0.504 e. The SMILES string of the molecule is [C-]#[N+]c1cc(C)cc(C(=O)c2c(C(C)C)c(=O)[nH]c(=O)n2Cc2cc(F)nc(N)c2O)c1. The van der Waals surface area contributed by atoms with E-state index in [-0.39, 0.29) is 28.1 Å². The Balaban J connectivity index is 2.33. The van der Waals surface area contributed by atoms with Gasteiger partial charge in [-0.25, -0.2) is 9.64 Å². The number of halogens is 1. The lowest BCUT2D eigenvalue weighted by Gasteiger charge is -2.18. The van der Waals surface area contributed by atoms with Crippen LogP contribution in [0.15, 0.2) is 33.9 Å². The number of ketones is 1. The first-order valence-electron chi connectivity index (χ1n) is 9.58. The van der Waals surface area contributed by atoms with Gasteiger partial charge in [-0.15, -0.1) is 0 Å². The highest BCUT2D eigenvalue weighted by Crippen LogP contribution is 2.27. The number of hydrogen-bond donors (Lipinski definition) is 3. The molecule has 0 amide bonds. The second-order valence-electron chi connectivity index (χ2n) is 7.60. The number of nitrogens with two attached hydrogens (primary N) is 1. The number of carbonyl (C=O) groups excluding carboxylic acids is 1. The molecule has 0 spiro atoms. The largest absolute Gasteiger partial charge is 0.504 e. The lowest BCUT2D eigenvalue weighted by Crippen LogP contribution is -2.38. The van der Waals surface area contributed by atoms with Gasteiger partial charge >= 0.3 is 5.69 Å². The summed E-state index contributed by atoms with van der Waals surface area (Å²) in [6.07, 6.45) is 0. The molecular formula is C22H20FN5O4. The van der Waals surface area contributed by atoms with Crippen LogP contribution >= 0.6 is 0 Å². The van der Waals surface area contributed by atoms with E-state index >= 15 is 0 Å². The van der Waals surface area contributed by atoms with Crippen LogP contribution in [0.1, 0.15) is 52.5 Å². The van der Waals surface area contributed by atoms with Crippen molar-refractivity contribution >= 4 is 17.3 Å². The quantitative estimate of drug-likeness (QED) is 0.319. The second-order valence-corrected chi connectivity index (χ2v) is 7.60. The minimum atomic E-state index is -0.981. The topological polar surface area (TPSA) is 135 Å². The molecule has 0 saturated carbocycles. The molecule has 4 N–H and O–H groups in total. The fourth-order valence-electron chi connectivity index (χ4n) is 3.48. The van der Waals surface area contributed by atoms with Gasteiger partial charge in [-0.05, 0) is 18.9 Å². The third-order valence-corrected chi connectivity index (χ3v) is 4.88. The number of H-pyrrole nitrogens is 1. The number of rotatable bonds is 5. The predicted molar refractivity (Wildman–Crippen MR) is 116 cm³/mol. The zero-order valence-electron chi connectivity index (χ0n) is 17.6. The molecule has 32 heavy (non-hydrogen) atoms. The van der Waals surface area contributed by atoms with Gasteiger partial charge in [0.1, 0.15) is 5.69 Å². The van der Waals surface area contributed by atoms with Crippen LogP contribution in [0.2, 0.25) is 0 Å². The number of aromatic hydroxyl groups is 1. The number of aromatic amines is 1. The zero-order chi connectivity index (χ0) is 23.7. The molecule has 0 aliphatic carbocycles. The van der Waals surface area contributed by atoms with Crippen molar-refractivity contribution in [2.75, 3.05) is 5.73 Å². The Morgan fingerprint density at radius 1 is 1.31 bits per heavy atom. The lowest BCUT2D eigenvalue weighted by atomic mass is 9.96. The summed E-state index contributed by atoms with van der Waals surface area (Å²) in [6, 6.07) is 5.39. The molecule has 164 valence electrons. The Bertz CT molecular complexity index is 1400. The fourth-order valence-corrected chi connectivity index (χ4v) is 3.48. The monoisotopic (exact) mass is 437 g/mol.